The largest absolute Gasteiger partial charge is 0.465 e. The summed E-state index contributed by atoms with van der Waals surface area (Å²) in [6, 6.07) is 3.99. The molecule has 39 heavy (non-hydrogen) atoms. The van der Waals surface area contributed by atoms with Gasteiger partial charge in [0.1, 0.15) is 6.04 Å². The second-order valence-electron chi connectivity index (χ2n) is 11.6. The molecule has 2 saturated heterocycles. The Bertz CT molecular complexity index is 1210. The van der Waals surface area contributed by atoms with Crippen LogP contribution in [0.1, 0.15) is 45.6 Å². The first-order valence-electron chi connectivity index (χ1n) is 13.8. The molecule has 6 atom stereocenters. The summed E-state index contributed by atoms with van der Waals surface area (Å²) in [5.41, 5.74) is 1.46. The number of rotatable bonds is 4. The molecular weight excluding hydrogens is 536 g/mol. The lowest BCUT2D eigenvalue weighted by molar-refractivity contribution is -0.155. The molecule has 7 nitrogen and oxygen atoms in total. The van der Waals surface area contributed by atoms with Gasteiger partial charge in [0.2, 0.25) is 5.91 Å². The number of aliphatic hydroxyl groups is 1. The molecule has 1 aromatic carbocycles. The number of ether oxygens (including phenoxy) is 1. The number of carbonyl (C=O) groups excluding carboxylic acids is 3. The number of cyclic esters (lactones) is 1. The lowest BCUT2D eigenvalue weighted by atomic mass is 9.74. The normalized spacial score (nSPS) is 34.3. The number of fused-ring (bicyclic) bond motifs is 2. The molecule has 1 unspecified atom stereocenters. The number of para-hydroxylation sites is 1. The van der Waals surface area contributed by atoms with Crippen LogP contribution in [0.2, 0.25) is 5.02 Å². The first kappa shape index (κ1) is 28.2. The van der Waals surface area contributed by atoms with E-state index in [1.165, 1.54) is 11.8 Å². The quantitative estimate of drug-likeness (QED) is 0.421. The van der Waals surface area contributed by atoms with Gasteiger partial charge >= 0.3 is 5.97 Å². The molecule has 2 amide bonds. The van der Waals surface area contributed by atoms with E-state index in [2.05, 4.69) is 6.08 Å². The number of anilines is 1. The van der Waals surface area contributed by atoms with Gasteiger partial charge in [-0.3, -0.25) is 14.4 Å². The van der Waals surface area contributed by atoms with Crippen LogP contribution in [0.5, 0.6) is 0 Å². The van der Waals surface area contributed by atoms with E-state index in [-0.39, 0.29) is 30.9 Å². The summed E-state index contributed by atoms with van der Waals surface area (Å²) in [7, 11) is 0. The molecule has 0 saturated carbocycles. The molecule has 210 valence electrons. The summed E-state index contributed by atoms with van der Waals surface area (Å²) in [6.07, 6.45) is 10.6. The van der Waals surface area contributed by atoms with Crippen molar-refractivity contribution in [1.82, 2.24) is 4.90 Å². The topological polar surface area (TPSA) is 87.2 Å². The number of esters is 1. The third kappa shape index (κ3) is 4.43. The van der Waals surface area contributed by atoms with Crippen molar-refractivity contribution >= 4 is 46.8 Å². The van der Waals surface area contributed by atoms with Crippen molar-refractivity contribution in [2.75, 3.05) is 24.7 Å². The minimum absolute atomic E-state index is 0.113. The van der Waals surface area contributed by atoms with Gasteiger partial charge in [0.15, 0.2) is 0 Å². The maximum absolute atomic E-state index is 14.7. The highest BCUT2D eigenvalue weighted by atomic mass is 35.5. The molecule has 5 rings (SSSR count). The van der Waals surface area contributed by atoms with Gasteiger partial charge in [0, 0.05) is 11.3 Å². The van der Waals surface area contributed by atoms with Gasteiger partial charge in [-0.25, -0.2) is 0 Å². The number of hydrogen-bond acceptors (Lipinski definition) is 6. The molecule has 4 heterocycles. The molecule has 0 bridgehead atoms. The molecule has 1 spiro atoms. The Morgan fingerprint density at radius 2 is 1.90 bits per heavy atom. The van der Waals surface area contributed by atoms with Gasteiger partial charge in [-0.2, -0.15) is 0 Å². The Hall–Kier alpha value is -2.29. The second kappa shape index (κ2) is 10.6. The number of allylic oxidation sites excluding steroid dienone is 1. The van der Waals surface area contributed by atoms with Crippen LogP contribution in [0.4, 0.5) is 5.69 Å². The molecular formula is C30H37ClN2O5S. The van der Waals surface area contributed by atoms with Crippen LogP contribution in [-0.4, -0.2) is 69.1 Å². The van der Waals surface area contributed by atoms with Gasteiger partial charge in [-0.1, -0.05) is 61.9 Å². The Kier molecular flexibility index (Phi) is 7.68. The summed E-state index contributed by atoms with van der Waals surface area (Å²) >= 11 is 8.15. The monoisotopic (exact) mass is 572 g/mol. The number of likely N-dealkylation sites (tertiary alicyclic amines) is 1. The average molecular weight is 573 g/mol. The van der Waals surface area contributed by atoms with E-state index < -0.39 is 39.4 Å². The van der Waals surface area contributed by atoms with Crippen LogP contribution in [0.25, 0.3) is 0 Å². The van der Waals surface area contributed by atoms with Gasteiger partial charge in [-0.15, -0.1) is 11.8 Å². The van der Waals surface area contributed by atoms with Crippen molar-refractivity contribution < 1.29 is 24.2 Å². The summed E-state index contributed by atoms with van der Waals surface area (Å²) in [5.74, 6) is -2.64. The van der Waals surface area contributed by atoms with Crippen molar-refractivity contribution in [2.45, 2.75) is 68.5 Å². The zero-order valence-corrected chi connectivity index (χ0v) is 24.5. The maximum atomic E-state index is 14.7. The molecule has 4 aliphatic heterocycles. The number of amides is 2. The standard InChI is InChI=1S/C30H37ClN2O5S/c1-18(2)21(17-34)33-25-27(36)32(24-19(3)11-9-12-20(24)31)15-10-14-30(25)22(26(33)35)23-28(37)38-16-8-6-5-7-13-29(23,4)39-30/h7,9-14,18,21-23,25,34H,5-6,8,15-17H2,1-4H3/b13-7-/t21-,22-,23-,25?,29+,30-/m0/s1. The van der Waals surface area contributed by atoms with E-state index in [1.54, 1.807) is 15.9 Å². The van der Waals surface area contributed by atoms with Crippen LogP contribution in [-0.2, 0) is 19.1 Å². The Morgan fingerprint density at radius 1 is 1.13 bits per heavy atom. The summed E-state index contributed by atoms with van der Waals surface area (Å²) in [5, 5.41) is 10.9. The van der Waals surface area contributed by atoms with Crippen molar-refractivity contribution in [3.05, 3.63) is 53.1 Å². The highest BCUT2D eigenvalue weighted by Gasteiger charge is 2.74. The minimum atomic E-state index is -1.02. The third-order valence-corrected chi connectivity index (χ3v) is 10.8. The van der Waals surface area contributed by atoms with Crippen LogP contribution in [0.3, 0.4) is 0 Å². The molecule has 2 fully saturated rings. The maximum Gasteiger partial charge on any atom is 0.311 e. The van der Waals surface area contributed by atoms with E-state index in [9.17, 15) is 19.5 Å². The zero-order valence-electron chi connectivity index (χ0n) is 22.9. The number of aliphatic hydroxyl groups excluding tert-OH is 1. The SMILES string of the molecule is Cc1cccc(Cl)c1N1CC=C[C@]23S[C@]4(C)/C=C\CCCCOC(=O)[C@@H]4[C@H]2C(=O)N([C@@H](CO)C(C)C)C3C1=O. The Labute approximate surface area is 239 Å². The molecule has 4 aliphatic rings. The Balaban J connectivity index is 1.71. The number of carbonyl (C=O) groups is 3. The predicted octanol–water partition coefficient (Wildman–Crippen LogP) is 4.54. The van der Waals surface area contributed by atoms with Gasteiger partial charge in [0.05, 0.1) is 46.5 Å². The molecule has 9 heteroatoms. The second-order valence-corrected chi connectivity index (χ2v) is 13.8. The molecule has 0 aliphatic carbocycles. The van der Waals surface area contributed by atoms with Gasteiger partial charge < -0.3 is 19.6 Å². The number of benzene rings is 1. The first-order chi connectivity index (χ1) is 18.6. The fourth-order valence-corrected chi connectivity index (χ4v) is 9.34. The van der Waals surface area contributed by atoms with Gasteiger partial charge in [0.25, 0.3) is 5.91 Å². The molecule has 1 N–H and O–H groups in total. The first-order valence-corrected chi connectivity index (χ1v) is 15.0. The number of nitrogens with zero attached hydrogens (tertiary/aromatic N) is 2. The summed E-state index contributed by atoms with van der Waals surface area (Å²) in [6.45, 7) is 8.05. The third-order valence-electron chi connectivity index (χ3n) is 8.71. The van der Waals surface area contributed by atoms with E-state index >= 15 is 0 Å². The molecule has 0 radical (unpaired) electrons. The van der Waals surface area contributed by atoms with E-state index in [0.29, 0.717) is 17.3 Å². The van der Waals surface area contributed by atoms with Crippen LogP contribution < -0.4 is 4.90 Å². The zero-order chi connectivity index (χ0) is 28.1. The van der Waals surface area contributed by atoms with Crippen LogP contribution in [0, 0.1) is 24.7 Å². The van der Waals surface area contributed by atoms with E-state index in [1.807, 2.05) is 58.1 Å². The number of halogens is 1. The predicted molar refractivity (Wildman–Crippen MR) is 154 cm³/mol. The van der Waals surface area contributed by atoms with Crippen molar-refractivity contribution in [3.63, 3.8) is 0 Å². The average Bonchev–Trinajstić information content (AvgIpc) is 3.20. The highest BCUT2D eigenvalue weighted by Crippen LogP contribution is 2.65. The lowest BCUT2D eigenvalue weighted by Gasteiger charge is -2.41. The lowest BCUT2D eigenvalue weighted by Crippen LogP contribution is -2.58. The summed E-state index contributed by atoms with van der Waals surface area (Å²) in [4.78, 5) is 46.1. The fraction of sp³-hybridized carbons (Fsp3) is 0.567. The van der Waals surface area contributed by atoms with Crippen LogP contribution in [0.15, 0.2) is 42.5 Å². The van der Waals surface area contributed by atoms with Crippen molar-refractivity contribution in [2.24, 2.45) is 17.8 Å². The van der Waals surface area contributed by atoms with Crippen molar-refractivity contribution in [3.8, 4) is 0 Å². The number of thioether (sulfide) groups is 1. The molecule has 0 aromatic heterocycles. The Morgan fingerprint density at radius 3 is 2.59 bits per heavy atom. The summed E-state index contributed by atoms with van der Waals surface area (Å²) < 4.78 is 3.98. The van der Waals surface area contributed by atoms with E-state index in [4.69, 9.17) is 16.3 Å². The number of aryl methyl sites for hydroxylation is 1. The van der Waals surface area contributed by atoms with E-state index in [0.717, 1.165) is 24.8 Å². The smallest absolute Gasteiger partial charge is 0.311 e. The van der Waals surface area contributed by atoms with Gasteiger partial charge in [-0.05, 0) is 50.7 Å². The molecule has 1 aromatic rings. The highest BCUT2D eigenvalue weighted by molar-refractivity contribution is 8.02. The van der Waals surface area contributed by atoms with Crippen molar-refractivity contribution in [1.29, 1.82) is 0 Å². The number of hydrogen-bond donors (Lipinski definition) is 1. The fourth-order valence-electron chi connectivity index (χ4n) is 6.88. The minimum Gasteiger partial charge on any atom is -0.465 e. The van der Waals surface area contributed by atoms with Crippen LogP contribution >= 0.6 is 23.4 Å².